The Morgan fingerprint density at radius 2 is 1.67 bits per heavy atom. The average molecular weight is 207 g/mol. The lowest BCUT2D eigenvalue weighted by Gasteiger charge is -2.20. The van der Waals surface area contributed by atoms with E-state index < -0.39 is 5.41 Å². The number of anilines is 2. The van der Waals surface area contributed by atoms with E-state index in [0.29, 0.717) is 17.8 Å². The van der Waals surface area contributed by atoms with Crippen LogP contribution in [-0.4, -0.2) is 5.91 Å². The molecule has 0 saturated heterocycles. The van der Waals surface area contributed by atoms with Gasteiger partial charge >= 0.3 is 0 Å². The van der Waals surface area contributed by atoms with Crippen molar-refractivity contribution < 1.29 is 4.79 Å². The molecule has 0 fully saturated rings. The standard InChI is InChI=1S/C11H17N3O/c1-11(2,10(14)15)6-7-3-8(12)5-9(13)4-7/h3-5H,6,12-13H2,1-2H3,(H2,14,15). The van der Waals surface area contributed by atoms with Gasteiger partial charge in [0.2, 0.25) is 5.91 Å². The predicted molar refractivity (Wildman–Crippen MR) is 61.9 cm³/mol. The molecule has 82 valence electrons. The lowest BCUT2D eigenvalue weighted by Crippen LogP contribution is -2.33. The minimum Gasteiger partial charge on any atom is -0.399 e. The minimum atomic E-state index is -0.583. The second-order valence-electron chi connectivity index (χ2n) is 4.43. The maximum absolute atomic E-state index is 11.2. The third kappa shape index (κ3) is 2.87. The van der Waals surface area contributed by atoms with Crippen molar-refractivity contribution in [3.05, 3.63) is 23.8 Å². The number of amides is 1. The fraction of sp³-hybridized carbons (Fsp3) is 0.364. The molecule has 0 aliphatic heterocycles. The summed E-state index contributed by atoms with van der Waals surface area (Å²) in [6, 6.07) is 5.29. The van der Waals surface area contributed by atoms with Crippen LogP contribution in [-0.2, 0) is 11.2 Å². The predicted octanol–water partition coefficient (Wildman–Crippen LogP) is 0.905. The molecule has 1 amide bonds. The smallest absolute Gasteiger partial charge is 0.223 e. The van der Waals surface area contributed by atoms with Crippen molar-refractivity contribution >= 4 is 17.3 Å². The summed E-state index contributed by atoms with van der Waals surface area (Å²) >= 11 is 0. The first kappa shape index (κ1) is 11.4. The van der Waals surface area contributed by atoms with E-state index in [-0.39, 0.29) is 5.91 Å². The number of carbonyl (C=O) groups excluding carboxylic acids is 1. The van der Waals surface area contributed by atoms with Gasteiger partial charge in [-0.05, 0) is 30.2 Å². The average Bonchev–Trinajstić information content (AvgIpc) is 1.99. The summed E-state index contributed by atoms with van der Waals surface area (Å²) in [5, 5.41) is 0. The van der Waals surface area contributed by atoms with Gasteiger partial charge in [-0.2, -0.15) is 0 Å². The van der Waals surface area contributed by atoms with Gasteiger partial charge in [-0.15, -0.1) is 0 Å². The number of hydrogen-bond donors (Lipinski definition) is 3. The number of nitrogen functional groups attached to an aromatic ring is 2. The van der Waals surface area contributed by atoms with Crippen LogP contribution in [0.5, 0.6) is 0 Å². The van der Waals surface area contributed by atoms with Gasteiger partial charge in [0.05, 0.1) is 0 Å². The van der Waals surface area contributed by atoms with Crippen LogP contribution in [0.1, 0.15) is 19.4 Å². The van der Waals surface area contributed by atoms with E-state index in [1.807, 2.05) is 0 Å². The largest absolute Gasteiger partial charge is 0.399 e. The Bertz CT molecular complexity index is 365. The summed E-state index contributed by atoms with van der Waals surface area (Å²) in [6.45, 7) is 3.60. The zero-order valence-corrected chi connectivity index (χ0v) is 9.08. The van der Waals surface area contributed by atoms with E-state index >= 15 is 0 Å². The summed E-state index contributed by atoms with van der Waals surface area (Å²) in [4.78, 5) is 11.2. The normalized spacial score (nSPS) is 11.3. The highest BCUT2D eigenvalue weighted by Gasteiger charge is 2.25. The molecular weight excluding hydrogens is 190 g/mol. The van der Waals surface area contributed by atoms with E-state index in [1.54, 1.807) is 32.0 Å². The highest BCUT2D eigenvalue weighted by molar-refractivity contribution is 5.80. The minimum absolute atomic E-state index is 0.330. The van der Waals surface area contributed by atoms with Gasteiger partial charge in [0.1, 0.15) is 0 Å². The Morgan fingerprint density at radius 3 is 2.07 bits per heavy atom. The lowest BCUT2D eigenvalue weighted by atomic mass is 9.85. The number of hydrogen-bond acceptors (Lipinski definition) is 3. The van der Waals surface area contributed by atoms with E-state index in [0.717, 1.165) is 5.56 Å². The molecule has 6 N–H and O–H groups in total. The first-order valence-corrected chi connectivity index (χ1v) is 4.76. The van der Waals surface area contributed by atoms with Crippen LogP contribution < -0.4 is 17.2 Å². The Labute approximate surface area is 89.4 Å². The quantitative estimate of drug-likeness (QED) is 0.643. The summed E-state index contributed by atoms with van der Waals surface area (Å²) in [5.74, 6) is -0.330. The number of carbonyl (C=O) groups is 1. The summed E-state index contributed by atoms with van der Waals surface area (Å²) in [6.07, 6.45) is 0.539. The van der Waals surface area contributed by atoms with Crippen LogP contribution in [0.25, 0.3) is 0 Å². The molecule has 1 aromatic rings. The van der Waals surface area contributed by atoms with Crippen molar-refractivity contribution in [2.75, 3.05) is 11.5 Å². The maximum atomic E-state index is 11.2. The molecule has 0 unspecified atom stereocenters. The molecule has 0 heterocycles. The van der Waals surface area contributed by atoms with Crippen molar-refractivity contribution in [3.63, 3.8) is 0 Å². The van der Waals surface area contributed by atoms with Crippen LogP contribution in [0.15, 0.2) is 18.2 Å². The summed E-state index contributed by atoms with van der Waals surface area (Å²) in [7, 11) is 0. The van der Waals surface area contributed by atoms with E-state index in [2.05, 4.69) is 0 Å². The second kappa shape index (κ2) is 3.81. The van der Waals surface area contributed by atoms with Gasteiger partial charge in [-0.1, -0.05) is 13.8 Å². The molecule has 0 aliphatic carbocycles. The van der Waals surface area contributed by atoms with Crippen LogP contribution in [0.4, 0.5) is 11.4 Å². The highest BCUT2D eigenvalue weighted by Crippen LogP contribution is 2.24. The Hall–Kier alpha value is -1.71. The van der Waals surface area contributed by atoms with Crippen molar-refractivity contribution in [2.45, 2.75) is 20.3 Å². The Kier molecular flexibility index (Phi) is 2.88. The Morgan fingerprint density at radius 1 is 1.20 bits per heavy atom. The van der Waals surface area contributed by atoms with Crippen LogP contribution in [0.2, 0.25) is 0 Å². The molecule has 4 heteroatoms. The van der Waals surface area contributed by atoms with Gasteiger partial charge < -0.3 is 17.2 Å². The number of benzene rings is 1. The monoisotopic (exact) mass is 207 g/mol. The van der Waals surface area contributed by atoms with Gasteiger partial charge in [-0.25, -0.2) is 0 Å². The van der Waals surface area contributed by atoms with Gasteiger partial charge in [0, 0.05) is 16.8 Å². The first-order chi connectivity index (χ1) is 6.81. The van der Waals surface area contributed by atoms with E-state index in [1.165, 1.54) is 0 Å². The fourth-order valence-corrected chi connectivity index (χ4v) is 1.45. The van der Waals surface area contributed by atoms with Gasteiger partial charge in [-0.3, -0.25) is 4.79 Å². The SMILES string of the molecule is CC(C)(Cc1cc(N)cc(N)c1)C(N)=O. The molecule has 1 aromatic carbocycles. The highest BCUT2D eigenvalue weighted by atomic mass is 16.1. The third-order valence-electron chi connectivity index (χ3n) is 2.35. The summed E-state index contributed by atoms with van der Waals surface area (Å²) < 4.78 is 0. The molecule has 0 spiro atoms. The molecule has 15 heavy (non-hydrogen) atoms. The molecule has 0 aromatic heterocycles. The molecular formula is C11H17N3O. The Balaban J connectivity index is 2.94. The van der Waals surface area contributed by atoms with Gasteiger partial charge in [0.25, 0.3) is 0 Å². The van der Waals surface area contributed by atoms with Crippen molar-refractivity contribution in [1.29, 1.82) is 0 Å². The molecule has 0 radical (unpaired) electrons. The first-order valence-electron chi connectivity index (χ1n) is 4.76. The number of nitrogens with two attached hydrogens (primary N) is 3. The van der Waals surface area contributed by atoms with Crippen LogP contribution in [0.3, 0.4) is 0 Å². The van der Waals surface area contributed by atoms with Crippen molar-refractivity contribution in [3.8, 4) is 0 Å². The zero-order chi connectivity index (χ0) is 11.6. The van der Waals surface area contributed by atoms with E-state index in [9.17, 15) is 4.79 Å². The third-order valence-corrected chi connectivity index (χ3v) is 2.35. The van der Waals surface area contributed by atoms with Crippen molar-refractivity contribution in [1.82, 2.24) is 0 Å². The molecule has 0 saturated carbocycles. The molecule has 0 atom stereocenters. The van der Waals surface area contributed by atoms with Crippen LogP contribution in [0, 0.1) is 5.41 Å². The molecule has 0 aliphatic rings. The maximum Gasteiger partial charge on any atom is 0.223 e. The molecule has 4 nitrogen and oxygen atoms in total. The van der Waals surface area contributed by atoms with Gasteiger partial charge in [0.15, 0.2) is 0 Å². The molecule has 1 rings (SSSR count). The fourth-order valence-electron chi connectivity index (χ4n) is 1.45. The second-order valence-corrected chi connectivity index (χ2v) is 4.43. The van der Waals surface area contributed by atoms with Crippen molar-refractivity contribution in [2.24, 2.45) is 11.1 Å². The topological polar surface area (TPSA) is 95.1 Å². The number of primary amides is 1. The van der Waals surface area contributed by atoms with Crippen LogP contribution >= 0.6 is 0 Å². The lowest BCUT2D eigenvalue weighted by molar-refractivity contribution is -0.125. The zero-order valence-electron chi connectivity index (χ0n) is 9.08. The van der Waals surface area contributed by atoms with E-state index in [4.69, 9.17) is 17.2 Å². The molecule has 0 bridgehead atoms. The summed E-state index contributed by atoms with van der Waals surface area (Å²) in [5.41, 5.74) is 18.2. The number of rotatable bonds is 3.